The largest absolute Gasteiger partial charge is 0.276 e. The number of hydrogen-bond acceptors (Lipinski definition) is 0. The molecule has 66 valence electrons. The molecule has 0 aromatic rings. The Hall–Kier alpha value is -0.540. The maximum absolute atomic E-state index is 12.2. The Morgan fingerprint density at radius 2 is 2.00 bits per heavy atom. The standard InChI is InChI=1S/C7H10F4/c1-2-6(9)3-4-7(10,11)5-8/h2,6H,1,3-5H2. The Labute approximate surface area is 62.9 Å². The predicted octanol–water partition coefficient (Wildman–Crippen LogP) is 2.90. The van der Waals surface area contributed by atoms with E-state index in [-0.39, 0.29) is 6.42 Å². The van der Waals surface area contributed by atoms with Crippen LogP contribution in [0.15, 0.2) is 12.7 Å². The molecule has 0 fully saturated rings. The van der Waals surface area contributed by atoms with E-state index in [1.165, 1.54) is 0 Å². The van der Waals surface area contributed by atoms with Gasteiger partial charge < -0.3 is 0 Å². The van der Waals surface area contributed by atoms with Crippen LogP contribution < -0.4 is 0 Å². The van der Waals surface area contributed by atoms with Gasteiger partial charge in [-0.1, -0.05) is 6.08 Å². The normalized spacial score (nSPS) is 14.5. The molecule has 0 bridgehead atoms. The van der Waals surface area contributed by atoms with Crippen molar-refractivity contribution in [1.29, 1.82) is 0 Å². The van der Waals surface area contributed by atoms with Crippen LogP contribution in [0.25, 0.3) is 0 Å². The third-order valence-electron chi connectivity index (χ3n) is 1.24. The minimum atomic E-state index is -3.38. The first-order chi connectivity index (χ1) is 5.02. The number of hydrogen-bond donors (Lipinski definition) is 0. The van der Waals surface area contributed by atoms with Crippen LogP contribution in [0.3, 0.4) is 0 Å². The molecule has 0 heterocycles. The van der Waals surface area contributed by atoms with Crippen molar-refractivity contribution in [3.63, 3.8) is 0 Å². The summed E-state index contributed by atoms with van der Waals surface area (Å²) in [4.78, 5) is 0. The molecule has 1 unspecified atom stereocenters. The molecule has 0 amide bonds. The molecule has 0 aromatic heterocycles. The van der Waals surface area contributed by atoms with Crippen molar-refractivity contribution >= 4 is 0 Å². The smallest absolute Gasteiger partial charge is 0.244 e. The Morgan fingerprint density at radius 1 is 1.45 bits per heavy atom. The van der Waals surface area contributed by atoms with Crippen molar-refractivity contribution in [3.8, 4) is 0 Å². The molecule has 0 N–H and O–H groups in total. The molecule has 1 atom stereocenters. The monoisotopic (exact) mass is 170 g/mol. The maximum Gasteiger partial charge on any atom is 0.276 e. The Bertz CT molecular complexity index is 122. The summed E-state index contributed by atoms with van der Waals surface area (Å²) in [6.45, 7) is 1.35. The van der Waals surface area contributed by atoms with Crippen molar-refractivity contribution in [3.05, 3.63) is 12.7 Å². The summed E-state index contributed by atoms with van der Waals surface area (Å²) in [6.07, 6.45) is -1.68. The van der Waals surface area contributed by atoms with Gasteiger partial charge in [-0.15, -0.1) is 6.58 Å². The van der Waals surface area contributed by atoms with Crippen molar-refractivity contribution in [1.82, 2.24) is 0 Å². The van der Waals surface area contributed by atoms with E-state index < -0.39 is 25.2 Å². The van der Waals surface area contributed by atoms with E-state index in [1.807, 2.05) is 0 Å². The Kier molecular flexibility index (Phi) is 4.15. The molecule has 0 aromatic carbocycles. The second-order valence-electron chi connectivity index (χ2n) is 2.28. The lowest BCUT2D eigenvalue weighted by atomic mass is 10.1. The highest BCUT2D eigenvalue weighted by atomic mass is 19.3. The van der Waals surface area contributed by atoms with Gasteiger partial charge in [0.25, 0.3) is 5.92 Å². The summed E-state index contributed by atoms with van der Waals surface area (Å²) in [5.74, 6) is -3.38. The van der Waals surface area contributed by atoms with E-state index in [1.54, 1.807) is 0 Å². The zero-order valence-electron chi connectivity index (χ0n) is 5.99. The second kappa shape index (κ2) is 4.36. The fraction of sp³-hybridized carbons (Fsp3) is 0.714. The quantitative estimate of drug-likeness (QED) is 0.439. The summed E-state index contributed by atoms with van der Waals surface area (Å²) in [5, 5.41) is 0. The molecule has 11 heavy (non-hydrogen) atoms. The van der Waals surface area contributed by atoms with Crippen molar-refractivity contribution in [2.45, 2.75) is 24.9 Å². The molecule has 0 nitrogen and oxygen atoms in total. The summed E-state index contributed by atoms with van der Waals surface area (Å²) in [6, 6.07) is 0. The molecular weight excluding hydrogens is 160 g/mol. The highest BCUT2D eigenvalue weighted by molar-refractivity contribution is 4.80. The molecule has 0 aliphatic rings. The zero-order valence-corrected chi connectivity index (χ0v) is 5.99. The van der Waals surface area contributed by atoms with E-state index in [0.29, 0.717) is 0 Å². The van der Waals surface area contributed by atoms with Crippen LogP contribution in [0, 0.1) is 0 Å². The van der Waals surface area contributed by atoms with Gasteiger partial charge in [0.1, 0.15) is 6.17 Å². The van der Waals surface area contributed by atoms with Crippen LogP contribution in [-0.2, 0) is 0 Å². The molecular formula is C7H10F4. The molecule has 0 aliphatic carbocycles. The number of halogens is 4. The van der Waals surface area contributed by atoms with E-state index in [2.05, 4.69) is 6.58 Å². The fourth-order valence-electron chi connectivity index (χ4n) is 0.534. The first-order valence-electron chi connectivity index (χ1n) is 3.22. The van der Waals surface area contributed by atoms with E-state index in [9.17, 15) is 17.6 Å². The van der Waals surface area contributed by atoms with Gasteiger partial charge in [-0.05, 0) is 6.42 Å². The summed E-state index contributed by atoms with van der Waals surface area (Å²) in [7, 11) is 0. The summed E-state index contributed by atoms with van der Waals surface area (Å²) in [5.41, 5.74) is 0. The number of alkyl halides is 4. The molecule has 0 radical (unpaired) electrons. The average Bonchev–Trinajstić information content (AvgIpc) is 2.00. The zero-order chi connectivity index (χ0) is 8.91. The van der Waals surface area contributed by atoms with Gasteiger partial charge in [0, 0.05) is 6.42 Å². The van der Waals surface area contributed by atoms with E-state index in [4.69, 9.17) is 0 Å². The van der Waals surface area contributed by atoms with Crippen LogP contribution in [-0.4, -0.2) is 18.8 Å². The van der Waals surface area contributed by atoms with E-state index >= 15 is 0 Å². The lowest BCUT2D eigenvalue weighted by Gasteiger charge is -2.11. The van der Waals surface area contributed by atoms with Gasteiger partial charge in [0.2, 0.25) is 0 Å². The van der Waals surface area contributed by atoms with E-state index in [0.717, 1.165) is 6.08 Å². The molecule has 4 heteroatoms. The van der Waals surface area contributed by atoms with Gasteiger partial charge in [0.05, 0.1) is 0 Å². The van der Waals surface area contributed by atoms with Crippen molar-refractivity contribution in [2.75, 3.05) is 6.67 Å². The number of allylic oxidation sites excluding steroid dienone is 1. The van der Waals surface area contributed by atoms with Crippen molar-refractivity contribution in [2.24, 2.45) is 0 Å². The Balaban J connectivity index is 3.60. The minimum absolute atomic E-state index is 0.375. The molecule has 0 saturated heterocycles. The van der Waals surface area contributed by atoms with Gasteiger partial charge in [-0.3, -0.25) is 0 Å². The first kappa shape index (κ1) is 10.5. The summed E-state index contributed by atoms with van der Waals surface area (Å²) >= 11 is 0. The van der Waals surface area contributed by atoms with Crippen LogP contribution in [0.5, 0.6) is 0 Å². The molecule has 0 spiro atoms. The topological polar surface area (TPSA) is 0 Å². The minimum Gasteiger partial charge on any atom is -0.244 e. The van der Waals surface area contributed by atoms with Crippen LogP contribution in [0.1, 0.15) is 12.8 Å². The lowest BCUT2D eigenvalue weighted by molar-refractivity contribution is -0.0346. The van der Waals surface area contributed by atoms with Crippen LogP contribution >= 0.6 is 0 Å². The highest BCUT2D eigenvalue weighted by Crippen LogP contribution is 2.22. The van der Waals surface area contributed by atoms with Crippen LogP contribution in [0.2, 0.25) is 0 Å². The lowest BCUT2D eigenvalue weighted by Crippen LogP contribution is -2.19. The van der Waals surface area contributed by atoms with Gasteiger partial charge in [-0.25, -0.2) is 17.6 Å². The van der Waals surface area contributed by atoms with Crippen molar-refractivity contribution < 1.29 is 17.6 Å². The SMILES string of the molecule is C=CC(F)CCC(F)(F)CF. The average molecular weight is 170 g/mol. The third-order valence-corrected chi connectivity index (χ3v) is 1.24. The second-order valence-corrected chi connectivity index (χ2v) is 2.28. The van der Waals surface area contributed by atoms with Gasteiger partial charge in [-0.2, -0.15) is 0 Å². The first-order valence-corrected chi connectivity index (χ1v) is 3.22. The number of rotatable bonds is 5. The molecule has 0 rings (SSSR count). The highest BCUT2D eigenvalue weighted by Gasteiger charge is 2.29. The Morgan fingerprint density at radius 3 is 2.36 bits per heavy atom. The molecule has 0 saturated carbocycles. The third kappa shape index (κ3) is 4.81. The predicted molar refractivity (Wildman–Crippen MR) is 35.2 cm³/mol. The fourth-order valence-corrected chi connectivity index (χ4v) is 0.534. The molecule has 0 aliphatic heterocycles. The van der Waals surface area contributed by atoms with Crippen LogP contribution in [0.4, 0.5) is 17.6 Å². The van der Waals surface area contributed by atoms with Gasteiger partial charge in [0.15, 0.2) is 6.67 Å². The summed E-state index contributed by atoms with van der Waals surface area (Å²) < 4.78 is 47.8. The maximum atomic E-state index is 12.2. The van der Waals surface area contributed by atoms with Gasteiger partial charge >= 0.3 is 0 Å².